The summed E-state index contributed by atoms with van der Waals surface area (Å²) >= 11 is 1.42. The van der Waals surface area contributed by atoms with Crippen LogP contribution in [0.4, 0.5) is 11.4 Å². The molecule has 1 heterocycles. The Kier molecular flexibility index (Phi) is 6.11. The number of amides is 1. The molecule has 1 aromatic heterocycles. The zero-order valence-corrected chi connectivity index (χ0v) is 16.9. The lowest BCUT2D eigenvalue weighted by Crippen LogP contribution is -2.28. The quantitative estimate of drug-likeness (QED) is 0.604. The first-order valence-corrected chi connectivity index (χ1v) is 9.79. The number of rotatable bonds is 6. The topological polar surface area (TPSA) is 58.6 Å². The number of hydrogen-bond donors (Lipinski definition) is 1. The Morgan fingerprint density at radius 2 is 1.75 bits per heavy atom. The molecule has 0 radical (unpaired) electrons. The van der Waals surface area contributed by atoms with Gasteiger partial charge in [-0.25, -0.2) is 4.79 Å². The largest absolute Gasteiger partial charge is 0.462 e. The van der Waals surface area contributed by atoms with Crippen LogP contribution in [0.3, 0.4) is 0 Å². The molecule has 0 saturated heterocycles. The van der Waals surface area contributed by atoms with Gasteiger partial charge in [0.05, 0.1) is 23.5 Å². The molecule has 0 spiro atoms. The second-order valence-electron chi connectivity index (χ2n) is 6.07. The zero-order valence-electron chi connectivity index (χ0n) is 16.1. The number of benzene rings is 2. The molecule has 0 aliphatic rings. The van der Waals surface area contributed by atoms with E-state index in [1.165, 1.54) is 16.2 Å². The van der Waals surface area contributed by atoms with E-state index < -0.39 is 5.97 Å². The molecular formula is C22H22N2O3S. The summed E-state index contributed by atoms with van der Waals surface area (Å²) in [6, 6.07) is 18.9. The summed E-state index contributed by atoms with van der Waals surface area (Å²) in [5.74, 6) is -0.629. The van der Waals surface area contributed by atoms with E-state index in [-0.39, 0.29) is 12.5 Å². The summed E-state index contributed by atoms with van der Waals surface area (Å²) in [5.41, 5.74) is 2.70. The van der Waals surface area contributed by atoms with Crippen LogP contribution in [-0.2, 0) is 4.74 Å². The van der Waals surface area contributed by atoms with Gasteiger partial charge in [0.15, 0.2) is 0 Å². The van der Waals surface area contributed by atoms with Crippen molar-refractivity contribution in [1.29, 1.82) is 0 Å². The number of esters is 1. The van der Waals surface area contributed by atoms with E-state index >= 15 is 0 Å². The van der Waals surface area contributed by atoms with Crippen LogP contribution in [-0.4, -0.2) is 32.6 Å². The normalized spacial score (nSPS) is 10.4. The van der Waals surface area contributed by atoms with Gasteiger partial charge in [-0.2, -0.15) is 0 Å². The number of anilines is 2. The second kappa shape index (κ2) is 8.71. The van der Waals surface area contributed by atoms with Gasteiger partial charge in [0.25, 0.3) is 5.91 Å². The Hall–Kier alpha value is -3.12. The van der Waals surface area contributed by atoms with Crippen molar-refractivity contribution < 1.29 is 14.3 Å². The first-order valence-electron chi connectivity index (χ1n) is 8.98. The van der Waals surface area contributed by atoms with Crippen molar-refractivity contribution in [3.8, 4) is 10.4 Å². The van der Waals surface area contributed by atoms with Crippen molar-refractivity contribution in [3.05, 3.63) is 71.1 Å². The van der Waals surface area contributed by atoms with Crippen molar-refractivity contribution in [2.24, 2.45) is 0 Å². The molecule has 3 rings (SSSR count). The fourth-order valence-corrected chi connectivity index (χ4v) is 4.04. The molecule has 6 heteroatoms. The zero-order chi connectivity index (χ0) is 20.1. The van der Waals surface area contributed by atoms with Gasteiger partial charge in [-0.05, 0) is 30.7 Å². The molecule has 0 bridgehead atoms. The molecule has 0 saturated carbocycles. The molecule has 0 fully saturated rings. The SMILES string of the molecule is CCOC(=O)c1ccccc1N(C)C(=O)c1sc(-c2ccccc2)cc1NC. The fourth-order valence-electron chi connectivity index (χ4n) is 2.89. The number of carbonyl (C=O) groups is 2. The van der Waals surface area contributed by atoms with Crippen molar-refractivity contribution >= 4 is 34.6 Å². The predicted octanol–water partition coefficient (Wildman–Crippen LogP) is 4.91. The molecule has 0 unspecified atom stereocenters. The molecule has 0 aliphatic carbocycles. The minimum absolute atomic E-state index is 0.187. The van der Waals surface area contributed by atoms with Gasteiger partial charge >= 0.3 is 5.97 Å². The van der Waals surface area contributed by atoms with Crippen molar-refractivity contribution in [2.75, 3.05) is 30.9 Å². The lowest BCUT2D eigenvalue weighted by molar-refractivity contribution is 0.0527. The van der Waals surface area contributed by atoms with E-state index in [0.29, 0.717) is 16.1 Å². The molecule has 5 nitrogen and oxygen atoms in total. The van der Waals surface area contributed by atoms with Gasteiger partial charge in [-0.1, -0.05) is 42.5 Å². The Labute approximate surface area is 168 Å². The Morgan fingerprint density at radius 1 is 1.07 bits per heavy atom. The average Bonchev–Trinajstić information content (AvgIpc) is 3.18. The summed E-state index contributed by atoms with van der Waals surface area (Å²) in [4.78, 5) is 28.6. The van der Waals surface area contributed by atoms with Crippen molar-refractivity contribution in [3.63, 3.8) is 0 Å². The third kappa shape index (κ3) is 3.92. The first-order chi connectivity index (χ1) is 13.6. The summed E-state index contributed by atoms with van der Waals surface area (Å²) in [6.07, 6.45) is 0. The highest BCUT2D eigenvalue weighted by atomic mass is 32.1. The van der Waals surface area contributed by atoms with E-state index in [0.717, 1.165) is 16.1 Å². The maximum Gasteiger partial charge on any atom is 0.340 e. The van der Waals surface area contributed by atoms with Gasteiger partial charge in [0.1, 0.15) is 4.88 Å². The Balaban J connectivity index is 1.97. The minimum Gasteiger partial charge on any atom is -0.462 e. The maximum absolute atomic E-state index is 13.2. The number of ether oxygens (including phenoxy) is 1. The standard InChI is InChI=1S/C22H22N2O3S/c1-4-27-22(26)16-12-8-9-13-18(16)24(3)21(25)20-17(23-2)14-19(28-20)15-10-6-5-7-11-15/h5-14,23H,4H2,1-3H3. The maximum atomic E-state index is 13.2. The summed E-state index contributed by atoms with van der Waals surface area (Å²) in [6.45, 7) is 2.03. The molecular weight excluding hydrogens is 372 g/mol. The highest BCUT2D eigenvalue weighted by molar-refractivity contribution is 7.18. The van der Waals surface area contributed by atoms with Crippen LogP contribution < -0.4 is 10.2 Å². The predicted molar refractivity (Wildman–Crippen MR) is 114 cm³/mol. The highest BCUT2D eigenvalue weighted by Crippen LogP contribution is 2.36. The van der Waals surface area contributed by atoms with Gasteiger partial charge < -0.3 is 15.0 Å². The summed E-state index contributed by atoms with van der Waals surface area (Å²) in [5, 5.41) is 3.10. The smallest absolute Gasteiger partial charge is 0.340 e. The Bertz CT molecular complexity index is 982. The Morgan fingerprint density at radius 3 is 2.43 bits per heavy atom. The third-order valence-corrected chi connectivity index (χ3v) is 5.49. The minimum atomic E-state index is -0.442. The van der Waals surface area contributed by atoms with Gasteiger partial charge in [-0.3, -0.25) is 4.79 Å². The van der Waals surface area contributed by atoms with Crippen LogP contribution in [0.2, 0.25) is 0 Å². The van der Waals surface area contributed by atoms with Gasteiger partial charge in [0.2, 0.25) is 0 Å². The van der Waals surface area contributed by atoms with Crippen LogP contribution in [0.5, 0.6) is 0 Å². The highest BCUT2D eigenvalue weighted by Gasteiger charge is 2.24. The van der Waals surface area contributed by atoms with Crippen LogP contribution >= 0.6 is 11.3 Å². The van der Waals surface area contributed by atoms with Crippen molar-refractivity contribution in [1.82, 2.24) is 0 Å². The molecule has 28 heavy (non-hydrogen) atoms. The second-order valence-corrected chi connectivity index (χ2v) is 7.12. The number of para-hydroxylation sites is 1. The summed E-state index contributed by atoms with van der Waals surface area (Å²) < 4.78 is 5.12. The number of carbonyl (C=O) groups excluding carboxylic acids is 2. The van der Waals surface area contributed by atoms with E-state index in [1.54, 1.807) is 45.3 Å². The molecule has 1 N–H and O–H groups in total. The average molecular weight is 394 g/mol. The van der Waals surface area contributed by atoms with Gasteiger partial charge in [-0.15, -0.1) is 11.3 Å². The summed E-state index contributed by atoms with van der Waals surface area (Å²) in [7, 11) is 3.46. The molecule has 144 valence electrons. The van der Waals surface area contributed by atoms with Gasteiger partial charge in [0, 0.05) is 19.0 Å². The molecule has 1 amide bonds. The van der Waals surface area contributed by atoms with E-state index in [2.05, 4.69) is 5.32 Å². The van der Waals surface area contributed by atoms with Crippen LogP contribution in [0.15, 0.2) is 60.7 Å². The van der Waals surface area contributed by atoms with E-state index in [9.17, 15) is 9.59 Å². The monoisotopic (exact) mass is 394 g/mol. The molecule has 3 aromatic rings. The van der Waals surface area contributed by atoms with E-state index in [1.807, 2.05) is 36.4 Å². The van der Waals surface area contributed by atoms with E-state index in [4.69, 9.17) is 4.74 Å². The van der Waals surface area contributed by atoms with Crippen LogP contribution in [0, 0.1) is 0 Å². The lowest BCUT2D eigenvalue weighted by Gasteiger charge is -2.20. The third-order valence-electron chi connectivity index (χ3n) is 4.32. The molecule has 2 aromatic carbocycles. The van der Waals surface area contributed by atoms with Crippen LogP contribution in [0.1, 0.15) is 27.0 Å². The first kappa shape index (κ1) is 19.6. The number of thiophene rings is 1. The number of hydrogen-bond acceptors (Lipinski definition) is 5. The molecule has 0 atom stereocenters. The molecule has 0 aliphatic heterocycles. The van der Waals surface area contributed by atoms with Crippen molar-refractivity contribution in [2.45, 2.75) is 6.92 Å². The fraction of sp³-hybridized carbons (Fsp3) is 0.182. The van der Waals surface area contributed by atoms with Crippen LogP contribution in [0.25, 0.3) is 10.4 Å². The number of nitrogens with zero attached hydrogens (tertiary/aromatic N) is 1. The lowest BCUT2D eigenvalue weighted by atomic mass is 10.1. The number of nitrogens with one attached hydrogen (secondary N) is 1.